The van der Waals surface area contributed by atoms with E-state index in [2.05, 4.69) is 69.4 Å². The number of carbonyl (C=O) groups is 3. The van der Waals surface area contributed by atoms with Crippen molar-refractivity contribution in [3.05, 3.63) is 48.6 Å². The van der Waals surface area contributed by atoms with Gasteiger partial charge in [-0.05, 0) is 83.5 Å². The summed E-state index contributed by atoms with van der Waals surface area (Å²) in [6.07, 6.45) is 79.8. The summed E-state index contributed by atoms with van der Waals surface area (Å²) >= 11 is 0. The number of hydrogen-bond acceptors (Lipinski definition) is 6. The van der Waals surface area contributed by atoms with Crippen molar-refractivity contribution in [2.45, 2.75) is 361 Å². The topological polar surface area (TPSA) is 78.9 Å². The number of allylic oxidation sites excluding steroid dienone is 8. The Hall–Kier alpha value is -2.63. The molecule has 0 saturated heterocycles. The van der Waals surface area contributed by atoms with E-state index in [1.54, 1.807) is 0 Å². The first kappa shape index (κ1) is 72.4. The van der Waals surface area contributed by atoms with Gasteiger partial charge in [0, 0.05) is 19.3 Å². The van der Waals surface area contributed by atoms with E-state index in [4.69, 9.17) is 14.2 Å². The molecular formula is C69H126O6. The highest BCUT2D eigenvalue weighted by molar-refractivity contribution is 5.71. The van der Waals surface area contributed by atoms with Gasteiger partial charge in [-0.2, -0.15) is 0 Å². The summed E-state index contributed by atoms with van der Waals surface area (Å²) in [6, 6.07) is 0. The predicted octanol–water partition coefficient (Wildman–Crippen LogP) is 22.6. The molecule has 0 fully saturated rings. The molecule has 0 amide bonds. The molecule has 0 N–H and O–H groups in total. The van der Waals surface area contributed by atoms with E-state index >= 15 is 0 Å². The van der Waals surface area contributed by atoms with Crippen LogP contribution >= 0.6 is 0 Å². The van der Waals surface area contributed by atoms with Gasteiger partial charge in [-0.1, -0.05) is 301 Å². The normalized spacial score (nSPS) is 12.3. The second-order valence-corrected chi connectivity index (χ2v) is 22.4. The van der Waals surface area contributed by atoms with Crippen molar-refractivity contribution in [2.75, 3.05) is 13.2 Å². The minimum Gasteiger partial charge on any atom is -0.462 e. The van der Waals surface area contributed by atoms with Crippen molar-refractivity contribution in [1.29, 1.82) is 0 Å². The standard InChI is InChI=1S/C69H126O6/c1-4-7-10-13-16-19-22-25-27-29-31-33-34-36-37-39-41-44-47-50-53-56-59-62-68(71)74-65-66(64-73-67(70)61-58-55-52-49-46-43-24-21-18-15-12-9-6-3)75-69(72)63-60-57-54-51-48-45-42-40-38-35-32-30-28-26-23-20-17-14-11-8-5-2/h21,23-24,26,30,32,38,40,66H,4-20,22,25,27-29,31,33-37,39,41-65H2,1-3H3/b24-21-,26-23-,32-30-,40-38-. The molecule has 0 aliphatic heterocycles. The maximum atomic E-state index is 12.9. The lowest BCUT2D eigenvalue weighted by Crippen LogP contribution is -2.30. The highest BCUT2D eigenvalue weighted by Crippen LogP contribution is 2.17. The van der Waals surface area contributed by atoms with Crippen molar-refractivity contribution in [3.8, 4) is 0 Å². The summed E-state index contributed by atoms with van der Waals surface area (Å²) in [4.78, 5) is 38.3. The Kier molecular flexibility index (Phi) is 61.7. The number of hydrogen-bond donors (Lipinski definition) is 0. The molecule has 0 rings (SSSR count). The zero-order chi connectivity index (χ0) is 54.3. The summed E-state index contributed by atoms with van der Waals surface area (Å²) in [7, 11) is 0. The molecule has 0 aromatic heterocycles. The van der Waals surface area contributed by atoms with Crippen molar-refractivity contribution in [3.63, 3.8) is 0 Å². The van der Waals surface area contributed by atoms with Gasteiger partial charge < -0.3 is 14.2 Å². The molecule has 0 aromatic carbocycles. The first-order valence-electron chi connectivity index (χ1n) is 33.1. The van der Waals surface area contributed by atoms with Crippen LogP contribution in [-0.2, 0) is 28.6 Å². The molecule has 6 heteroatoms. The zero-order valence-electron chi connectivity index (χ0n) is 50.3. The largest absolute Gasteiger partial charge is 0.462 e. The van der Waals surface area contributed by atoms with Gasteiger partial charge in [-0.3, -0.25) is 14.4 Å². The van der Waals surface area contributed by atoms with Gasteiger partial charge >= 0.3 is 17.9 Å². The first-order chi connectivity index (χ1) is 37.0. The zero-order valence-corrected chi connectivity index (χ0v) is 50.3. The third kappa shape index (κ3) is 62.1. The van der Waals surface area contributed by atoms with E-state index in [0.29, 0.717) is 19.3 Å². The molecule has 0 spiro atoms. The fraction of sp³-hybridized carbons (Fsp3) is 0.841. The molecule has 0 saturated carbocycles. The Morgan fingerprint density at radius 3 is 0.773 bits per heavy atom. The third-order valence-corrected chi connectivity index (χ3v) is 14.8. The highest BCUT2D eigenvalue weighted by Gasteiger charge is 2.19. The van der Waals surface area contributed by atoms with Crippen LogP contribution in [0, 0.1) is 0 Å². The van der Waals surface area contributed by atoms with Crippen molar-refractivity contribution < 1.29 is 28.6 Å². The molecule has 0 radical (unpaired) electrons. The number of unbranched alkanes of at least 4 members (excludes halogenated alkanes) is 42. The van der Waals surface area contributed by atoms with Crippen LogP contribution in [-0.4, -0.2) is 37.2 Å². The molecule has 6 nitrogen and oxygen atoms in total. The molecule has 1 unspecified atom stereocenters. The third-order valence-electron chi connectivity index (χ3n) is 14.8. The molecule has 75 heavy (non-hydrogen) atoms. The monoisotopic (exact) mass is 1050 g/mol. The molecule has 0 heterocycles. The molecule has 438 valence electrons. The van der Waals surface area contributed by atoms with Gasteiger partial charge in [-0.25, -0.2) is 0 Å². The van der Waals surface area contributed by atoms with E-state index < -0.39 is 6.10 Å². The number of rotatable bonds is 61. The van der Waals surface area contributed by atoms with Crippen LogP contribution in [0.15, 0.2) is 48.6 Å². The van der Waals surface area contributed by atoms with Crippen molar-refractivity contribution >= 4 is 17.9 Å². The van der Waals surface area contributed by atoms with Gasteiger partial charge in [0.1, 0.15) is 13.2 Å². The fourth-order valence-corrected chi connectivity index (χ4v) is 9.80. The number of esters is 3. The van der Waals surface area contributed by atoms with E-state index in [1.807, 2.05) is 0 Å². The lowest BCUT2D eigenvalue weighted by Gasteiger charge is -2.18. The second kappa shape index (κ2) is 63.9. The minimum absolute atomic E-state index is 0.0776. The van der Waals surface area contributed by atoms with Crippen molar-refractivity contribution in [1.82, 2.24) is 0 Å². The highest BCUT2D eigenvalue weighted by atomic mass is 16.6. The van der Waals surface area contributed by atoms with Crippen LogP contribution in [0.1, 0.15) is 355 Å². The smallest absolute Gasteiger partial charge is 0.306 e. The Labute approximate surface area is 467 Å². The van der Waals surface area contributed by atoms with Gasteiger partial charge in [-0.15, -0.1) is 0 Å². The van der Waals surface area contributed by atoms with Crippen molar-refractivity contribution in [2.24, 2.45) is 0 Å². The summed E-state index contributed by atoms with van der Waals surface area (Å²) < 4.78 is 16.9. The Morgan fingerprint density at radius 2 is 0.480 bits per heavy atom. The lowest BCUT2D eigenvalue weighted by molar-refractivity contribution is -0.167. The maximum Gasteiger partial charge on any atom is 0.306 e. The van der Waals surface area contributed by atoms with Gasteiger partial charge in [0.25, 0.3) is 0 Å². The molecule has 0 aromatic rings. The molecule has 0 bridgehead atoms. The molecular weight excluding hydrogens is 925 g/mol. The number of ether oxygens (including phenoxy) is 3. The molecule has 0 aliphatic carbocycles. The van der Waals surface area contributed by atoms with Crippen LogP contribution in [0.3, 0.4) is 0 Å². The lowest BCUT2D eigenvalue weighted by atomic mass is 10.0. The quantitative estimate of drug-likeness (QED) is 0.0261. The molecule has 1 atom stereocenters. The van der Waals surface area contributed by atoms with Gasteiger partial charge in [0.15, 0.2) is 6.10 Å². The summed E-state index contributed by atoms with van der Waals surface area (Å²) in [5.41, 5.74) is 0. The first-order valence-corrected chi connectivity index (χ1v) is 33.1. The Bertz CT molecular complexity index is 1300. The van der Waals surface area contributed by atoms with Crippen LogP contribution < -0.4 is 0 Å². The van der Waals surface area contributed by atoms with E-state index in [-0.39, 0.29) is 31.1 Å². The van der Waals surface area contributed by atoms with E-state index in [9.17, 15) is 14.4 Å². The van der Waals surface area contributed by atoms with Gasteiger partial charge in [0.05, 0.1) is 0 Å². The summed E-state index contributed by atoms with van der Waals surface area (Å²) in [6.45, 7) is 6.65. The van der Waals surface area contributed by atoms with Gasteiger partial charge in [0.2, 0.25) is 0 Å². The predicted molar refractivity (Wildman–Crippen MR) is 325 cm³/mol. The van der Waals surface area contributed by atoms with Crippen LogP contribution in [0.4, 0.5) is 0 Å². The summed E-state index contributed by atoms with van der Waals surface area (Å²) in [5, 5.41) is 0. The SMILES string of the molecule is CCCCCC/C=C\CCCCCCCC(=O)OCC(COC(=O)CCCCCCCCCCCCCCCCCCCCCCCCC)OC(=O)CCCCCCCC/C=C\C/C=C\C/C=C\CCCCCCC. The number of carbonyl (C=O) groups excluding carboxylic acids is 3. The van der Waals surface area contributed by atoms with E-state index in [1.165, 1.54) is 231 Å². The van der Waals surface area contributed by atoms with E-state index in [0.717, 1.165) is 83.5 Å². The fourth-order valence-electron chi connectivity index (χ4n) is 9.80. The average Bonchev–Trinajstić information content (AvgIpc) is 3.41. The molecule has 0 aliphatic rings. The van der Waals surface area contributed by atoms with Crippen LogP contribution in [0.2, 0.25) is 0 Å². The second-order valence-electron chi connectivity index (χ2n) is 22.4. The average molecular weight is 1050 g/mol. The maximum absolute atomic E-state index is 12.9. The minimum atomic E-state index is -0.783. The summed E-state index contributed by atoms with van der Waals surface area (Å²) in [5.74, 6) is -0.878. The Morgan fingerprint density at radius 1 is 0.267 bits per heavy atom. The van der Waals surface area contributed by atoms with Crippen LogP contribution in [0.5, 0.6) is 0 Å². The van der Waals surface area contributed by atoms with Crippen LogP contribution in [0.25, 0.3) is 0 Å². The Balaban J connectivity index is 4.30.